The second kappa shape index (κ2) is 10.2. The zero-order valence-corrected chi connectivity index (χ0v) is 18.0. The third kappa shape index (κ3) is 5.14. The van der Waals surface area contributed by atoms with E-state index in [0.717, 1.165) is 6.20 Å². The van der Waals surface area contributed by atoms with Crippen LogP contribution in [0.3, 0.4) is 0 Å². The first-order chi connectivity index (χ1) is 16.8. The van der Waals surface area contributed by atoms with Crippen molar-refractivity contribution in [3.8, 4) is 11.6 Å². The van der Waals surface area contributed by atoms with E-state index in [2.05, 4.69) is 15.1 Å². The number of nitrogens with zero attached hydrogens (tertiary/aromatic N) is 4. The van der Waals surface area contributed by atoms with Crippen LogP contribution in [0.1, 0.15) is 30.3 Å². The lowest BCUT2D eigenvalue weighted by Crippen LogP contribution is -2.50. The van der Waals surface area contributed by atoms with E-state index in [9.17, 15) is 27.2 Å². The summed E-state index contributed by atoms with van der Waals surface area (Å²) in [6, 6.07) is 1.62. The Morgan fingerprint density at radius 1 is 1.23 bits per heavy atom. The van der Waals surface area contributed by atoms with Crippen molar-refractivity contribution in [2.75, 3.05) is 6.54 Å². The highest BCUT2D eigenvalue weighted by atomic mass is 19.2. The van der Waals surface area contributed by atoms with Gasteiger partial charge in [-0.1, -0.05) is 5.16 Å². The minimum absolute atomic E-state index is 0.0190. The fourth-order valence-corrected chi connectivity index (χ4v) is 3.92. The van der Waals surface area contributed by atoms with Crippen LogP contribution in [0.25, 0.3) is 11.6 Å². The molecule has 35 heavy (non-hydrogen) atoms. The molecule has 9 nitrogen and oxygen atoms in total. The van der Waals surface area contributed by atoms with E-state index >= 15 is 0 Å². The Balaban J connectivity index is 1.53. The Morgan fingerprint density at radius 3 is 2.71 bits per heavy atom. The van der Waals surface area contributed by atoms with Crippen molar-refractivity contribution < 1.29 is 36.4 Å². The molecule has 2 aromatic heterocycles. The molecular weight excluding hydrogens is 474 g/mol. The van der Waals surface area contributed by atoms with Crippen molar-refractivity contribution in [2.24, 2.45) is 5.73 Å². The lowest BCUT2D eigenvalue weighted by molar-refractivity contribution is -0.153. The van der Waals surface area contributed by atoms with E-state index in [-0.39, 0.29) is 36.0 Å². The van der Waals surface area contributed by atoms with Gasteiger partial charge in [-0.15, -0.1) is 0 Å². The highest BCUT2D eigenvalue weighted by Crippen LogP contribution is 2.32. The number of benzene rings is 1. The number of pyridine rings is 1. The summed E-state index contributed by atoms with van der Waals surface area (Å²) in [6.07, 6.45) is 0.0707. The Hall–Kier alpha value is -3.87. The first-order valence-corrected chi connectivity index (χ1v) is 10.5. The minimum Gasteiger partial charge on any atom is -0.453 e. The van der Waals surface area contributed by atoms with Gasteiger partial charge in [-0.3, -0.25) is 9.59 Å². The second-order valence-corrected chi connectivity index (χ2v) is 7.89. The number of hydrogen-bond acceptors (Lipinski definition) is 8. The van der Waals surface area contributed by atoms with Crippen molar-refractivity contribution in [1.29, 1.82) is 0 Å². The molecule has 184 valence electrons. The highest BCUT2D eigenvalue weighted by molar-refractivity contribution is 5.83. The Morgan fingerprint density at radius 2 is 2.00 bits per heavy atom. The molecule has 0 bridgehead atoms. The maximum atomic E-state index is 14.1. The summed E-state index contributed by atoms with van der Waals surface area (Å²) in [5.74, 6) is -4.76. The van der Waals surface area contributed by atoms with Crippen LogP contribution in [0.4, 0.5) is 17.6 Å². The van der Waals surface area contributed by atoms with Gasteiger partial charge in [0.05, 0.1) is 18.3 Å². The molecule has 1 fully saturated rings. The van der Waals surface area contributed by atoms with E-state index in [4.69, 9.17) is 15.0 Å². The van der Waals surface area contributed by atoms with Gasteiger partial charge in [-0.25, -0.2) is 22.5 Å². The lowest BCUT2D eigenvalue weighted by Gasteiger charge is -2.29. The largest absolute Gasteiger partial charge is 0.453 e. The number of hydrogen-bond donors (Lipinski definition) is 1. The fraction of sp³-hybridized carbons (Fsp3) is 0.318. The topological polar surface area (TPSA) is 124 Å². The van der Waals surface area contributed by atoms with Gasteiger partial charge in [-0.2, -0.15) is 4.98 Å². The normalized spacial score (nSPS) is 17.3. The van der Waals surface area contributed by atoms with Gasteiger partial charge in [0.2, 0.25) is 0 Å². The number of amides is 1. The van der Waals surface area contributed by atoms with Crippen molar-refractivity contribution in [3.63, 3.8) is 0 Å². The molecule has 0 radical (unpaired) electrons. The van der Waals surface area contributed by atoms with Crippen molar-refractivity contribution in [3.05, 3.63) is 65.1 Å². The van der Waals surface area contributed by atoms with E-state index in [1.165, 1.54) is 17.0 Å². The smallest absolute Gasteiger partial charge is 0.293 e. The van der Waals surface area contributed by atoms with E-state index in [1.54, 1.807) is 0 Å². The standard InChI is InChI=1S/C22H19F4N5O4/c23-12-3-4-17(28-9-12)21-29-20(30-35-21)18-2-1-5-31(18)22(33)19(34-10-32)16(27)7-11-6-14(25)15(26)8-13(11)24/h3-4,6,8-10,16,18-19H,1-2,5,7,27H2/t16-,18+,19?/m1/s1. The van der Waals surface area contributed by atoms with E-state index < -0.39 is 53.8 Å². The number of aromatic nitrogens is 3. The van der Waals surface area contributed by atoms with Gasteiger partial charge in [0.25, 0.3) is 18.3 Å². The van der Waals surface area contributed by atoms with Crippen molar-refractivity contribution in [2.45, 2.75) is 37.5 Å². The quantitative estimate of drug-likeness (QED) is 0.288. The molecular formula is C22H19F4N5O4. The molecule has 4 rings (SSSR count). The summed E-state index contributed by atoms with van der Waals surface area (Å²) >= 11 is 0. The lowest BCUT2D eigenvalue weighted by atomic mass is 10.00. The maximum Gasteiger partial charge on any atom is 0.293 e. The summed E-state index contributed by atoms with van der Waals surface area (Å²) in [4.78, 5) is 33.8. The predicted octanol–water partition coefficient (Wildman–Crippen LogP) is 2.46. The van der Waals surface area contributed by atoms with Gasteiger partial charge in [0.15, 0.2) is 23.6 Å². The van der Waals surface area contributed by atoms with Gasteiger partial charge >= 0.3 is 0 Å². The van der Waals surface area contributed by atoms with Gasteiger partial charge in [0.1, 0.15) is 17.3 Å². The first-order valence-electron chi connectivity index (χ1n) is 10.5. The molecule has 13 heteroatoms. The number of rotatable bonds is 8. The third-order valence-corrected chi connectivity index (χ3v) is 5.60. The third-order valence-electron chi connectivity index (χ3n) is 5.60. The summed E-state index contributed by atoms with van der Waals surface area (Å²) in [7, 11) is 0. The Labute approximate surface area is 195 Å². The zero-order valence-electron chi connectivity index (χ0n) is 18.0. The van der Waals surface area contributed by atoms with Crippen LogP contribution in [-0.4, -0.2) is 51.1 Å². The number of nitrogens with two attached hydrogens (primary N) is 1. The fourth-order valence-electron chi connectivity index (χ4n) is 3.92. The number of carbonyl (C=O) groups excluding carboxylic acids is 2. The zero-order chi connectivity index (χ0) is 25.1. The molecule has 0 spiro atoms. The molecule has 2 N–H and O–H groups in total. The van der Waals surface area contributed by atoms with Crippen LogP contribution < -0.4 is 5.73 Å². The molecule has 1 aromatic carbocycles. The summed E-state index contributed by atoms with van der Waals surface area (Å²) in [6.45, 7) is 0.287. The molecule has 1 aliphatic rings. The monoisotopic (exact) mass is 493 g/mol. The number of ether oxygens (including phenoxy) is 1. The summed E-state index contributed by atoms with van der Waals surface area (Å²) in [5.41, 5.74) is 5.99. The molecule has 1 saturated heterocycles. The van der Waals surface area contributed by atoms with E-state index in [1.807, 2.05) is 0 Å². The summed E-state index contributed by atoms with van der Waals surface area (Å²) < 4.78 is 64.1. The van der Waals surface area contributed by atoms with Crippen LogP contribution in [0.15, 0.2) is 35.0 Å². The predicted molar refractivity (Wildman–Crippen MR) is 110 cm³/mol. The number of carbonyl (C=O) groups is 2. The molecule has 1 aliphatic heterocycles. The number of likely N-dealkylation sites (tertiary alicyclic amines) is 1. The van der Waals surface area contributed by atoms with Crippen LogP contribution >= 0.6 is 0 Å². The average molecular weight is 493 g/mol. The van der Waals surface area contributed by atoms with Gasteiger partial charge in [0, 0.05) is 12.6 Å². The van der Waals surface area contributed by atoms with Crippen molar-refractivity contribution in [1.82, 2.24) is 20.0 Å². The van der Waals surface area contributed by atoms with Gasteiger partial charge < -0.3 is 19.9 Å². The van der Waals surface area contributed by atoms with Crippen LogP contribution in [0.5, 0.6) is 0 Å². The highest BCUT2D eigenvalue weighted by Gasteiger charge is 2.40. The summed E-state index contributed by atoms with van der Waals surface area (Å²) in [5, 5.41) is 3.89. The van der Waals surface area contributed by atoms with E-state index in [0.29, 0.717) is 25.0 Å². The molecule has 3 heterocycles. The molecule has 1 amide bonds. The van der Waals surface area contributed by atoms with Crippen LogP contribution in [0, 0.1) is 23.3 Å². The molecule has 0 saturated carbocycles. The maximum absolute atomic E-state index is 14.1. The minimum atomic E-state index is -1.54. The molecule has 0 aliphatic carbocycles. The number of halogens is 4. The average Bonchev–Trinajstić information content (AvgIpc) is 3.51. The van der Waals surface area contributed by atoms with Crippen LogP contribution in [0.2, 0.25) is 0 Å². The van der Waals surface area contributed by atoms with Crippen LogP contribution in [-0.2, 0) is 20.7 Å². The Bertz CT molecular complexity index is 1220. The second-order valence-electron chi connectivity index (χ2n) is 7.89. The molecule has 1 unspecified atom stereocenters. The molecule has 3 aromatic rings. The van der Waals surface area contributed by atoms with Crippen molar-refractivity contribution >= 4 is 12.4 Å². The Kier molecular flexibility index (Phi) is 7.05. The SMILES string of the molecule is N[C@H](Cc1cc(F)c(F)cc1F)C(OC=O)C(=O)N1CCC[C@H]1c1noc(-c2ccc(F)cn2)n1. The first kappa shape index (κ1) is 24.3. The molecule has 3 atom stereocenters. The van der Waals surface area contributed by atoms with Gasteiger partial charge in [-0.05, 0) is 43.0 Å².